The van der Waals surface area contributed by atoms with Crippen LogP contribution in [0.4, 0.5) is 0 Å². The molecule has 1 aromatic carbocycles. The average Bonchev–Trinajstić information content (AvgIpc) is 2.70. The van der Waals surface area contributed by atoms with Crippen LogP contribution in [0.5, 0.6) is 0 Å². The van der Waals surface area contributed by atoms with Crippen molar-refractivity contribution < 1.29 is 13.2 Å². The predicted octanol–water partition coefficient (Wildman–Crippen LogP) is 2.67. The van der Waals surface area contributed by atoms with Crippen LogP contribution in [0.25, 0.3) is 0 Å². The number of nitrogens with zero attached hydrogens (tertiary/aromatic N) is 2. The zero-order valence-corrected chi connectivity index (χ0v) is 18.6. The molecule has 1 amide bonds. The van der Waals surface area contributed by atoms with Crippen LogP contribution in [-0.2, 0) is 14.8 Å². The van der Waals surface area contributed by atoms with Gasteiger partial charge in [-0.05, 0) is 42.9 Å². The van der Waals surface area contributed by atoms with Gasteiger partial charge in [-0.2, -0.15) is 4.31 Å². The van der Waals surface area contributed by atoms with E-state index >= 15 is 0 Å². The molecule has 6 nitrogen and oxygen atoms in total. The highest BCUT2D eigenvalue weighted by Gasteiger charge is 2.31. The summed E-state index contributed by atoms with van der Waals surface area (Å²) in [5.41, 5.74) is 1.16. The molecule has 1 N–H and O–H groups in total. The Balaban J connectivity index is 1.97. The number of nitrogens with one attached hydrogen (secondary N) is 1. The van der Waals surface area contributed by atoms with E-state index in [1.54, 1.807) is 12.1 Å². The maximum absolute atomic E-state index is 13.0. The van der Waals surface area contributed by atoms with E-state index in [2.05, 4.69) is 33.0 Å². The molecule has 158 valence electrons. The number of carbonyl (C=O) groups is 1. The van der Waals surface area contributed by atoms with Crippen molar-refractivity contribution in [2.24, 2.45) is 5.92 Å². The Morgan fingerprint density at radius 2 is 1.61 bits per heavy atom. The Hall–Kier alpha value is -1.44. The highest BCUT2D eigenvalue weighted by molar-refractivity contribution is 7.89. The molecule has 1 aromatic rings. The lowest BCUT2D eigenvalue weighted by molar-refractivity contribution is -0.126. The van der Waals surface area contributed by atoms with Crippen LogP contribution >= 0.6 is 0 Å². The fourth-order valence-corrected chi connectivity index (χ4v) is 4.72. The first-order chi connectivity index (χ1) is 13.2. The van der Waals surface area contributed by atoms with Gasteiger partial charge in [0.2, 0.25) is 15.9 Å². The fraction of sp³-hybridized carbons (Fsp3) is 0.667. The summed E-state index contributed by atoms with van der Waals surface area (Å²) in [5, 5.41) is 2.95. The molecule has 0 spiro atoms. The van der Waals surface area contributed by atoms with Crippen LogP contribution in [0.3, 0.4) is 0 Å². The maximum atomic E-state index is 13.0. The number of hydrogen-bond acceptors (Lipinski definition) is 4. The molecule has 1 aliphatic heterocycles. The summed E-state index contributed by atoms with van der Waals surface area (Å²) >= 11 is 0. The Morgan fingerprint density at radius 1 is 1.04 bits per heavy atom. The fourth-order valence-electron chi connectivity index (χ4n) is 3.30. The standard InChI is InChI=1S/C21H35N3O3S/c1-6-17(4)19-7-9-20(10-8-19)28(26,27)24-13-11-23(12-14-24)18(5)21(25)22-15-16(2)3/h7-10,16-18H,6,11-15H2,1-5H3,(H,22,25). The molecule has 1 fully saturated rings. The predicted molar refractivity (Wildman–Crippen MR) is 113 cm³/mol. The highest BCUT2D eigenvalue weighted by Crippen LogP contribution is 2.23. The number of carbonyl (C=O) groups excluding carboxylic acids is 1. The summed E-state index contributed by atoms with van der Waals surface area (Å²) in [4.78, 5) is 14.7. The van der Waals surface area contributed by atoms with Gasteiger partial charge in [-0.25, -0.2) is 8.42 Å². The summed E-state index contributed by atoms with van der Waals surface area (Å²) in [6, 6.07) is 7.01. The van der Waals surface area contributed by atoms with E-state index in [0.29, 0.717) is 49.5 Å². The van der Waals surface area contributed by atoms with Gasteiger partial charge in [0, 0.05) is 32.7 Å². The second kappa shape index (κ2) is 9.85. The van der Waals surface area contributed by atoms with Crippen LogP contribution in [-0.4, -0.2) is 62.3 Å². The molecule has 1 heterocycles. The smallest absolute Gasteiger partial charge is 0.243 e. The van der Waals surface area contributed by atoms with Gasteiger partial charge < -0.3 is 5.32 Å². The molecular weight excluding hydrogens is 374 g/mol. The highest BCUT2D eigenvalue weighted by atomic mass is 32.2. The van der Waals surface area contributed by atoms with Gasteiger partial charge in [0.25, 0.3) is 0 Å². The first-order valence-electron chi connectivity index (χ1n) is 10.3. The topological polar surface area (TPSA) is 69.7 Å². The van der Waals surface area contributed by atoms with E-state index in [1.807, 2.05) is 24.0 Å². The van der Waals surface area contributed by atoms with Gasteiger partial charge in [-0.15, -0.1) is 0 Å². The van der Waals surface area contributed by atoms with Crippen molar-refractivity contribution in [2.75, 3.05) is 32.7 Å². The Labute approximate surface area is 170 Å². The first-order valence-corrected chi connectivity index (χ1v) is 11.7. The first kappa shape index (κ1) is 22.8. The molecule has 2 atom stereocenters. The van der Waals surface area contributed by atoms with Crippen molar-refractivity contribution in [3.63, 3.8) is 0 Å². The molecule has 1 aliphatic rings. The van der Waals surface area contributed by atoms with Crippen molar-refractivity contribution in [1.29, 1.82) is 0 Å². The zero-order valence-electron chi connectivity index (χ0n) is 17.8. The van der Waals surface area contributed by atoms with E-state index in [1.165, 1.54) is 4.31 Å². The second-order valence-corrected chi connectivity index (χ2v) is 10.1. The quantitative estimate of drug-likeness (QED) is 0.717. The number of amides is 1. The number of rotatable bonds is 8. The molecule has 7 heteroatoms. The molecule has 2 unspecified atom stereocenters. The third-order valence-electron chi connectivity index (χ3n) is 5.58. The monoisotopic (exact) mass is 409 g/mol. The van der Waals surface area contributed by atoms with Crippen LogP contribution in [0, 0.1) is 5.92 Å². The number of hydrogen-bond donors (Lipinski definition) is 1. The summed E-state index contributed by atoms with van der Waals surface area (Å²) < 4.78 is 27.4. The number of benzene rings is 1. The molecule has 0 aliphatic carbocycles. The van der Waals surface area contributed by atoms with Crippen molar-refractivity contribution in [3.05, 3.63) is 29.8 Å². The van der Waals surface area contributed by atoms with Gasteiger partial charge >= 0.3 is 0 Å². The molecule has 1 saturated heterocycles. The van der Waals surface area contributed by atoms with Gasteiger partial charge in [0.15, 0.2) is 0 Å². The normalized spacial score (nSPS) is 18.8. The second-order valence-electron chi connectivity index (χ2n) is 8.13. The SMILES string of the molecule is CCC(C)c1ccc(S(=O)(=O)N2CCN(C(C)C(=O)NCC(C)C)CC2)cc1. The van der Waals surface area contributed by atoms with E-state index in [-0.39, 0.29) is 11.9 Å². The minimum absolute atomic E-state index is 0.00522. The van der Waals surface area contributed by atoms with Gasteiger partial charge in [0.05, 0.1) is 10.9 Å². The van der Waals surface area contributed by atoms with Crippen molar-refractivity contribution >= 4 is 15.9 Å². The zero-order chi connectivity index (χ0) is 20.9. The van der Waals surface area contributed by atoms with Crippen molar-refractivity contribution in [3.8, 4) is 0 Å². The van der Waals surface area contributed by atoms with Crippen LogP contribution in [0.1, 0.15) is 52.5 Å². The molecule has 0 aromatic heterocycles. The third-order valence-corrected chi connectivity index (χ3v) is 7.50. The van der Waals surface area contributed by atoms with Crippen LogP contribution in [0.2, 0.25) is 0 Å². The average molecular weight is 410 g/mol. The minimum atomic E-state index is -3.50. The minimum Gasteiger partial charge on any atom is -0.354 e. The summed E-state index contributed by atoms with van der Waals surface area (Å²) in [6.45, 7) is 12.8. The summed E-state index contributed by atoms with van der Waals surface area (Å²) in [5.74, 6) is 0.833. The van der Waals surface area contributed by atoms with E-state index < -0.39 is 10.0 Å². The van der Waals surface area contributed by atoms with Gasteiger partial charge in [0.1, 0.15) is 0 Å². The van der Waals surface area contributed by atoms with Gasteiger partial charge in [-0.3, -0.25) is 9.69 Å². The molecular formula is C21H35N3O3S. The lowest BCUT2D eigenvalue weighted by Gasteiger charge is -2.36. The lowest BCUT2D eigenvalue weighted by atomic mass is 9.99. The van der Waals surface area contributed by atoms with E-state index in [9.17, 15) is 13.2 Å². The molecule has 28 heavy (non-hydrogen) atoms. The number of piperazine rings is 1. The maximum Gasteiger partial charge on any atom is 0.243 e. The summed E-state index contributed by atoms with van der Waals surface area (Å²) in [7, 11) is -3.50. The van der Waals surface area contributed by atoms with Crippen LogP contribution in [0.15, 0.2) is 29.2 Å². The van der Waals surface area contributed by atoms with Crippen molar-refractivity contribution in [2.45, 2.75) is 57.9 Å². The molecule has 0 radical (unpaired) electrons. The number of sulfonamides is 1. The molecule has 0 saturated carbocycles. The molecule has 2 rings (SSSR count). The Bertz CT molecular complexity index is 739. The van der Waals surface area contributed by atoms with Gasteiger partial charge in [-0.1, -0.05) is 39.8 Å². The Morgan fingerprint density at radius 3 is 2.11 bits per heavy atom. The van der Waals surface area contributed by atoms with E-state index in [4.69, 9.17) is 0 Å². The lowest BCUT2D eigenvalue weighted by Crippen LogP contribution is -2.55. The summed E-state index contributed by atoms with van der Waals surface area (Å²) in [6.07, 6.45) is 1.02. The molecule has 0 bridgehead atoms. The van der Waals surface area contributed by atoms with Crippen molar-refractivity contribution in [1.82, 2.24) is 14.5 Å². The Kier molecular flexibility index (Phi) is 8.04. The largest absolute Gasteiger partial charge is 0.354 e. The van der Waals surface area contributed by atoms with E-state index in [0.717, 1.165) is 12.0 Å². The third kappa shape index (κ3) is 5.55. The van der Waals surface area contributed by atoms with Crippen LogP contribution < -0.4 is 5.32 Å².